The molecule has 1 aliphatic heterocycles. The molecule has 0 saturated carbocycles. The van der Waals surface area contributed by atoms with Crippen LogP contribution in [0.2, 0.25) is 0 Å². The van der Waals surface area contributed by atoms with E-state index in [4.69, 9.17) is 0 Å². The van der Waals surface area contributed by atoms with E-state index in [1.54, 1.807) is 6.07 Å². The highest BCUT2D eigenvalue weighted by Gasteiger charge is 2.19. The molecule has 3 nitrogen and oxygen atoms in total. The van der Waals surface area contributed by atoms with Crippen molar-refractivity contribution in [2.45, 2.75) is 19.4 Å². The molecule has 1 unspecified atom stereocenters. The second-order valence-corrected chi connectivity index (χ2v) is 4.52. The summed E-state index contributed by atoms with van der Waals surface area (Å²) in [7, 11) is 0. The van der Waals surface area contributed by atoms with Crippen LogP contribution in [-0.4, -0.2) is 36.2 Å². The van der Waals surface area contributed by atoms with Gasteiger partial charge in [-0.25, -0.2) is 4.39 Å². The summed E-state index contributed by atoms with van der Waals surface area (Å²) >= 11 is 0. The van der Waals surface area contributed by atoms with Crippen LogP contribution in [0.15, 0.2) is 18.2 Å². The van der Waals surface area contributed by atoms with E-state index >= 15 is 0 Å². The summed E-state index contributed by atoms with van der Waals surface area (Å²) in [6, 6.07) is 4.38. The lowest BCUT2D eigenvalue weighted by molar-refractivity contribution is 0.221. The zero-order valence-corrected chi connectivity index (χ0v) is 10.1. The molecule has 0 spiro atoms. The average Bonchev–Trinajstić information content (AvgIpc) is 2.56. The van der Waals surface area contributed by atoms with E-state index in [9.17, 15) is 9.50 Å². The molecule has 1 saturated heterocycles. The fourth-order valence-corrected chi connectivity index (χ4v) is 2.32. The lowest BCUT2D eigenvalue weighted by Gasteiger charge is -2.28. The Morgan fingerprint density at radius 1 is 1.35 bits per heavy atom. The van der Waals surface area contributed by atoms with Gasteiger partial charge in [0.1, 0.15) is 11.6 Å². The second kappa shape index (κ2) is 5.47. The summed E-state index contributed by atoms with van der Waals surface area (Å²) in [5.74, 6) is -0.342. The molecular formula is C13H19FN2O. The summed E-state index contributed by atoms with van der Waals surface area (Å²) in [6.07, 6.45) is 1.10. The first-order valence-corrected chi connectivity index (χ1v) is 6.11. The molecule has 0 bridgehead atoms. The summed E-state index contributed by atoms with van der Waals surface area (Å²) in [6.45, 7) is 6.02. The minimum Gasteiger partial charge on any atom is -0.508 e. The number of phenolic OH excluding ortho intramolecular Hbond substituents is 1. The molecule has 4 heteroatoms. The Morgan fingerprint density at radius 2 is 2.18 bits per heavy atom. The van der Waals surface area contributed by atoms with Crippen molar-refractivity contribution in [3.8, 4) is 5.75 Å². The maximum atomic E-state index is 12.9. The predicted molar refractivity (Wildman–Crippen MR) is 65.5 cm³/mol. The van der Waals surface area contributed by atoms with Gasteiger partial charge < -0.3 is 10.4 Å². The number of hydrogen-bond donors (Lipinski definition) is 2. The van der Waals surface area contributed by atoms with Gasteiger partial charge in [0.15, 0.2) is 0 Å². The van der Waals surface area contributed by atoms with Gasteiger partial charge in [-0.2, -0.15) is 0 Å². The fraction of sp³-hybridized carbons (Fsp3) is 0.538. The Balaban J connectivity index is 2.14. The van der Waals surface area contributed by atoms with E-state index in [-0.39, 0.29) is 11.8 Å². The maximum absolute atomic E-state index is 12.9. The van der Waals surface area contributed by atoms with Gasteiger partial charge in [-0.3, -0.25) is 4.90 Å². The second-order valence-electron chi connectivity index (χ2n) is 4.52. The molecule has 1 aliphatic rings. The molecule has 2 N–H and O–H groups in total. The van der Waals surface area contributed by atoms with Gasteiger partial charge in [0.2, 0.25) is 0 Å². The molecule has 1 atom stereocenters. The minimum absolute atomic E-state index is 0.0507. The molecular weight excluding hydrogens is 219 g/mol. The normalized spacial score (nSPS) is 19.9. The standard InChI is InChI=1S/C13H19FN2O/c1-10(16-7-2-5-15-6-8-16)12-4-3-11(14)9-13(12)17/h3-4,9-10,15,17H,2,5-8H2,1H3. The third kappa shape index (κ3) is 2.96. The molecule has 1 aromatic rings. The first-order valence-electron chi connectivity index (χ1n) is 6.11. The van der Waals surface area contributed by atoms with Crippen LogP contribution in [-0.2, 0) is 0 Å². The lowest BCUT2D eigenvalue weighted by atomic mass is 10.1. The Bertz CT molecular complexity index is 376. The third-order valence-electron chi connectivity index (χ3n) is 3.36. The van der Waals surface area contributed by atoms with Crippen molar-refractivity contribution < 1.29 is 9.50 Å². The molecule has 2 rings (SSSR count). The zero-order chi connectivity index (χ0) is 12.3. The van der Waals surface area contributed by atoms with Crippen LogP contribution in [0, 0.1) is 5.82 Å². The van der Waals surface area contributed by atoms with Crippen LogP contribution in [0.3, 0.4) is 0 Å². The van der Waals surface area contributed by atoms with Crippen molar-refractivity contribution >= 4 is 0 Å². The Morgan fingerprint density at radius 3 is 2.94 bits per heavy atom. The number of benzene rings is 1. The molecule has 0 radical (unpaired) electrons. The zero-order valence-electron chi connectivity index (χ0n) is 10.1. The monoisotopic (exact) mass is 238 g/mol. The predicted octanol–water partition coefficient (Wildman–Crippen LogP) is 1.89. The van der Waals surface area contributed by atoms with E-state index in [0.29, 0.717) is 0 Å². The fourth-order valence-electron chi connectivity index (χ4n) is 2.32. The van der Waals surface area contributed by atoms with E-state index < -0.39 is 5.82 Å². The number of rotatable bonds is 2. The van der Waals surface area contributed by atoms with Gasteiger partial charge in [0, 0.05) is 30.8 Å². The average molecular weight is 238 g/mol. The summed E-state index contributed by atoms with van der Waals surface area (Å²) in [4.78, 5) is 2.31. The van der Waals surface area contributed by atoms with Crippen LogP contribution >= 0.6 is 0 Å². The smallest absolute Gasteiger partial charge is 0.126 e. The van der Waals surface area contributed by atoms with Crippen molar-refractivity contribution in [1.29, 1.82) is 0 Å². The topological polar surface area (TPSA) is 35.5 Å². The van der Waals surface area contributed by atoms with Crippen LogP contribution < -0.4 is 5.32 Å². The van der Waals surface area contributed by atoms with Crippen LogP contribution in [0.1, 0.15) is 24.9 Å². The van der Waals surface area contributed by atoms with Gasteiger partial charge >= 0.3 is 0 Å². The number of hydrogen-bond acceptors (Lipinski definition) is 3. The van der Waals surface area contributed by atoms with E-state index in [1.807, 2.05) is 0 Å². The summed E-state index contributed by atoms with van der Waals surface area (Å²) < 4.78 is 12.9. The van der Waals surface area contributed by atoms with Gasteiger partial charge in [0.05, 0.1) is 0 Å². The van der Waals surface area contributed by atoms with Gasteiger partial charge in [-0.1, -0.05) is 6.07 Å². The van der Waals surface area contributed by atoms with Crippen LogP contribution in [0.5, 0.6) is 5.75 Å². The highest BCUT2D eigenvalue weighted by Crippen LogP contribution is 2.29. The molecule has 0 amide bonds. The molecule has 17 heavy (non-hydrogen) atoms. The van der Waals surface area contributed by atoms with Gasteiger partial charge in [-0.05, 0) is 32.5 Å². The van der Waals surface area contributed by atoms with Crippen molar-refractivity contribution in [2.75, 3.05) is 26.2 Å². The highest BCUT2D eigenvalue weighted by atomic mass is 19.1. The van der Waals surface area contributed by atoms with Gasteiger partial charge in [0.25, 0.3) is 0 Å². The quantitative estimate of drug-likeness (QED) is 0.826. The largest absolute Gasteiger partial charge is 0.508 e. The molecule has 1 aromatic carbocycles. The number of nitrogens with zero attached hydrogens (tertiary/aromatic N) is 1. The Hall–Kier alpha value is -1.13. The Kier molecular flexibility index (Phi) is 3.97. The number of phenols is 1. The SMILES string of the molecule is CC(c1ccc(F)cc1O)N1CCCNCC1. The minimum atomic E-state index is -0.393. The first-order chi connectivity index (χ1) is 8.18. The van der Waals surface area contributed by atoms with E-state index in [0.717, 1.165) is 38.2 Å². The number of halogens is 1. The van der Waals surface area contributed by atoms with Gasteiger partial charge in [-0.15, -0.1) is 0 Å². The van der Waals surface area contributed by atoms with Crippen molar-refractivity contribution in [2.24, 2.45) is 0 Å². The Labute approximate surface area is 101 Å². The molecule has 1 fully saturated rings. The van der Waals surface area contributed by atoms with Crippen LogP contribution in [0.25, 0.3) is 0 Å². The number of aromatic hydroxyl groups is 1. The molecule has 1 heterocycles. The first kappa shape index (κ1) is 12.3. The summed E-state index contributed by atoms with van der Waals surface area (Å²) in [5, 5.41) is 13.1. The number of nitrogens with one attached hydrogen (secondary N) is 1. The third-order valence-corrected chi connectivity index (χ3v) is 3.36. The molecule has 94 valence electrons. The highest BCUT2D eigenvalue weighted by molar-refractivity contribution is 5.35. The lowest BCUT2D eigenvalue weighted by Crippen LogP contribution is -2.30. The van der Waals surface area contributed by atoms with Crippen LogP contribution in [0.4, 0.5) is 4.39 Å². The molecule has 0 aliphatic carbocycles. The summed E-state index contributed by atoms with van der Waals surface area (Å²) in [5.41, 5.74) is 0.799. The van der Waals surface area contributed by atoms with Crippen molar-refractivity contribution in [1.82, 2.24) is 10.2 Å². The van der Waals surface area contributed by atoms with Crippen molar-refractivity contribution in [3.63, 3.8) is 0 Å². The van der Waals surface area contributed by atoms with E-state index in [2.05, 4.69) is 17.1 Å². The maximum Gasteiger partial charge on any atom is 0.126 e. The van der Waals surface area contributed by atoms with Crippen molar-refractivity contribution in [3.05, 3.63) is 29.6 Å². The molecule has 0 aromatic heterocycles. The van der Waals surface area contributed by atoms with E-state index in [1.165, 1.54) is 12.1 Å².